The van der Waals surface area contributed by atoms with Crippen LogP contribution in [0.15, 0.2) is 60.8 Å². The van der Waals surface area contributed by atoms with Crippen molar-refractivity contribution in [3.63, 3.8) is 0 Å². The molecule has 5 heteroatoms. The van der Waals surface area contributed by atoms with E-state index in [9.17, 15) is 4.79 Å². The molecule has 0 spiro atoms. The first-order valence-corrected chi connectivity index (χ1v) is 8.62. The second-order valence-corrected chi connectivity index (χ2v) is 6.36. The molecular weight excluding hydrogens is 312 g/mol. The molecule has 1 aliphatic heterocycles. The van der Waals surface area contributed by atoms with Crippen LogP contribution in [-0.2, 0) is 4.79 Å². The van der Waals surface area contributed by atoms with Crippen molar-refractivity contribution >= 4 is 28.4 Å². The zero-order valence-corrected chi connectivity index (χ0v) is 13.9. The van der Waals surface area contributed by atoms with Crippen LogP contribution in [0.1, 0.15) is 12.8 Å². The topological polar surface area (TPSA) is 58.1 Å². The monoisotopic (exact) mass is 332 g/mol. The first kappa shape index (κ1) is 15.6. The molecule has 1 N–H and O–H groups in total. The number of anilines is 2. The average Bonchev–Trinajstić information content (AvgIpc) is 2.68. The van der Waals surface area contributed by atoms with Gasteiger partial charge in [-0.05, 0) is 37.1 Å². The van der Waals surface area contributed by atoms with E-state index in [0.29, 0.717) is 6.54 Å². The summed E-state index contributed by atoms with van der Waals surface area (Å²) in [4.78, 5) is 23.9. The summed E-state index contributed by atoms with van der Waals surface area (Å²) in [5, 5.41) is 3.01. The van der Waals surface area contributed by atoms with Gasteiger partial charge in [-0.2, -0.15) is 0 Å². The predicted octanol–water partition coefficient (Wildman–Crippen LogP) is 3.48. The lowest BCUT2D eigenvalue weighted by molar-refractivity contribution is -0.120. The number of nitrogens with zero attached hydrogens (tertiary/aromatic N) is 3. The van der Waals surface area contributed by atoms with Crippen LogP contribution in [0.4, 0.5) is 11.5 Å². The first-order valence-electron chi connectivity index (χ1n) is 8.62. The summed E-state index contributed by atoms with van der Waals surface area (Å²) in [6, 6.07) is 17.5. The highest BCUT2D eigenvalue weighted by Crippen LogP contribution is 2.24. The van der Waals surface area contributed by atoms with Gasteiger partial charge in [-0.1, -0.05) is 30.3 Å². The van der Waals surface area contributed by atoms with Crippen LogP contribution in [0.5, 0.6) is 0 Å². The molecule has 4 rings (SSSR count). The molecule has 2 aromatic carbocycles. The third-order valence-corrected chi connectivity index (χ3v) is 4.59. The summed E-state index contributed by atoms with van der Waals surface area (Å²) >= 11 is 0. The lowest BCUT2D eigenvalue weighted by Crippen LogP contribution is -2.41. The predicted molar refractivity (Wildman–Crippen MR) is 99.5 cm³/mol. The molecule has 1 fully saturated rings. The van der Waals surface area contributed by atoms with E-state index in [4.69, 9.17) is 4.98 Å². The molecule has 2 heterocycles. The van der Waals surface area contributed by atoms with Crippen molar-refractivity contribution in [1.82, 2.24) is 9.97 Å². The molecule has 0 radical (unpaired) electrons. The highest BCUT2D eigenvalue weighted by molar-refractivity contribution is 5.93. The third-order valence-electron chi connectivity index (χ3n) is 4.59. The highest BCUT2D eigenvalue weighted by atomic mass is 16.1. The van der Waals surface area contributed by atoms with Gasteiger partial charge in [0.05, 0.1) is 23.1 Å². The normalized spacial score (nSPS) is 17.4. The molecule has 0 saturated carbocycles. The standard InChI is InChI=1S/C20H20N4O/c25-20(22-16-8-2-1-3-9-16)15-7-6-12-24(14-15)19-13-21-17-10-4-5-11-18(17)23-19/h1-5,8-11,13,15H,6-7,12,14H2,(H,22,25). The quantitative estimate of drug-likeness (QED) is 0.798. The summed E-state index contributed by atoms with van der Waals surface area (Å²) in [6.45, 7) is 1.58. The van der Waals surface area contributed by atoms with Gasteiger partial charge in [0.1, 0.15) is 5.82 Å². The summed E-state index contributed by atoms with van der Waals surface area (Å²) in [6.07, 6.45) is 3.68. The number of benzene rings is 2. The van der Waals surface area contributed by atoms with Gasteiger partial charge in [0.15, 0.2) is 0 Å². The van der Waals surface area contributed by atoms with Gasteiger partial charge in [0, 0.05) is 18.8 Å². The van der Waals surface area contributed by atoms with Gasteiger partial charge < -0.3 is 10.2 Å². The molecule has 1 atom stereocenters. The maximum atomic E-state index is 12.6. The molecule has 1 aromatic heterocycles. The first-order chi connectivity index (χ1) is 12.3. The SMILES string of the molecule is O=C(Nc1ccccc1)C1CCCN(c2cnc3ccccc3n2)C1. The van der Waals surface area contributed by atoms with Crippen LogP contribution in [-0.4, -0.2) is 29.0 Å². The maximum absolute atomic E-state index is 12.6. The van der Waals surface area contributed by atoms with Gasteiger partial charge >= 0.3 is 0 Å². The van der Waals surface area contributed by atoms with Gasteiger partial charge in [0.25, 0.3) is 0 Å². The van der Waals surface area contributed by atoms with Gasteiger partial charge in [-0.15, -0.1) is 0 Å². The molecule has 0 bridgehead atoms. The van der Waals surface area contributed by atoms with Crippen molar-refractivity contribution in [3.05, 3.63) is 60.8 Å². The van der Waals surface area contributed by atoms with Crippen LogP contribution in [0.3, 0.4) is 0 Å². The molecular formula is C20H20N4O. The largest absolute Gasteiger partial charge is 0.355 e. The molecule has 5 nitrogen and oxygen atoms in total. The molecule has 126 valence electrons. The Bertz CT molecular complexity index is 881. The molecule has 1 saturated heterocycles. The van der Waals surface area contributed by atoms with E-state index in [1.165, 1.54) is 0 Å². The number of amides is 1. The second-order valence-electron chi connectivity index (χ2n) is 6.36. The Kier molecular flexibility index (Phi) is 4.29. The number of carbonyl (C=O) groups is 1. The van der Waals surface area contributed by atoms with Crippen molar-refractivity contribution in [2.45, 2.75) is 12.8 Å². The van der Waals surface area contributed by atoms with Crippen LogP contribution >= 0.6 is 0 Å². The summed E-state index contributed by atoms with van der Waals surface area (Å²) in [5.74, 6) is 0.878. The van der Waals surface area contributed by atoms with Gasteiger partial charge in [0.2, 0.25) is 5.91 Å². The Hall–Kier alpha value is -2.95. The smallest absolute Gasteiger partial charge is 0.229 e. The molecule has 25 heavy (non-hydrogen) atoms. The minimum absolute atomic E-state index is 0.0396. The number of para-hydroxylation sites is 3. The van der Waals surface area contributed by atoms with Crippen LogP contribution in [0, 0.1) is 5.92 Å². The van der Waals surface area contributed by atoms with E-state index in [2.05, 4.69) is 15.2 Å². The number of nitrogens with one attached hydrogen (secondary N) is 1. The highest BCUT2D eigenvalue weighted by Gasteiger charge is 2.26. The van der Waals surface area contributed by atoms with E-state index in [0.717, 1.165) is 41.9 Å². The van der Waals surface area contributed by atoms with Crippen LogP contribution in [0.25, 0.3) is 11.0 Å². The minimum Gasteiger partial charge on any atom is -0.355 e. The van der Waals surface area contributed by atoms with Crippen molar-refractivity contribution in [3.8, 4) is 0 Å². The number of hydrogen-bond donors (Lipinski definition) is 1. The number of piperidine rings is 1. The Morgan fingerprint density at radius 1 is 1.04 bits per heavy atom. The molecule has 1 aliphatic rings. The Morgan fingerprint density at radius 3 is 2.64 bits per heavy atom. The molecule has 1 amide bonds. The van der Waals surface area contributed by atoms with Gasteiger partial charge in [-0.3, -0.25) is 9.78 Å². The van der Waals surface area contributed by atoms with Crippen molar-refractivity contribution in [2.75, 3.05) is 23.3 Å². The van der Waals surface area contributed by atoms with E-state index < -0.39 is 0 Å². The Labute approximate surface area is 146 Å². The fourth-order valence-corrected chi connectivity index (χ4v) is 3.26. The Morgan fingerprint density at radius 2 is 1.80 bits per heavy atom. The number of hydrogen-bond acceptors (Lipinski definition) is 4. The average molecular weight is 332 g/mol. The van der Waals surface area contributed by atoms with Crippen molar-refractivity contribution < 1.29 is 4.79 Å². The number of carbonyl (C=O) groups excluding carboxylic acids is 1. The number of rotatable bonds is 3. The second kappa shape index (κ2) is 6.89. The Balaban J connectivity index is 1.49. The maximum Gasteiger partial charge on any atom is 0.229 e. The number of aromatic nitrogens is 2. The van der Waals surface area contributed by atoms with E-state index in [1.54, 1.807) is 6.20 Å². The van der Waals surface area contributed by atoms with Crippen LogP contribution in [0.2, 0.25) is 0 Å². The number of fused-ring (bicyclic) bond motifs is 1. The summed E-state index contributed by atoms with van der Waals surface area (Å²) < 4.78 is 0. The molecule has 0 aliphatic carbocycles. The minimum atomic E-state index is -0.0396. The van der Waals surface area contributed by atoms with Gasteiger partial charge in [-0.25, -0.2) is 4.98 Å². The lowest BCUT2D eigenvalue weighted by atomic mass is 9.97. The third kappa shape index (κ3) is 3.45. The molecule has 1 unspecified atom stereocenters. The van der Waals surface area contributed by atoms with E-state index in [-0.39, 0.29) is 11.8 Å². The van der Waals surface area contributed by atoms with Crippen molar-refractivity contribution in [1.29, 1.82) is 0 Å². The fourth-order valence-electron chi connectivity index (χ4n) is 3.26. The van der Waals surface area contributed by atoms with Crippen LogP contribution < -0.4 is 10.2 Å². The van der Waals surface area contributed by atoms with E-state index >= 15 is 0 Å². The summed E-state index contributed by atoms with van der Waals surface area (Å²) in [5.41, 5.74) is 2.62. The molecule has 3 aromatic rings. The zero-order valence-electron chi connectivity index (χ0n) is 13.9. The van der Waals surface area contributed by atoms with Crippen molar-refractivity contribution in [2.24, 2.45) is 5.92 Å². The summed E-state index contributed by atoms with van der Waals surface area (Å²) in [7, 11) is 0. The lowest BCUT2D eigenvalue weighted by Gasteiger charge is -2.32. The van der Waals surface area contributed by atoms with E-state index in [1.807, 2.05) is 54.6 Å². The fraction of sp³-hybridized carbons (Fsp3) is 0.250. The zero-order chi connectivity index (χ0) is 17.1.